The Morgan fingerprint density at radius 2 is 2.00 bits per heavy atom. The average molecular weight is 298 g/mol. The van der Waals surface area contributed by atoms with E-state index in [0.29, 0.717) is 18.1 Å². The Morgan fingerprint density at radius 3 is 2.48 bits per heavy atom. The number of rotatable bonds is 6. The van der Waals surface area contributed by atoms with E-state index in [9.17, 15) is 9.90 Å². The molecule has 0 saturated carbocycles. The van der Waals surface area contributed by atoms with Crippen LogP contribution in [-0.2, 0) is 12.0 Å². The van der Waals surface area contributed by atoms with E-state index in [0.717, 1.165) is 6.42 Å². The van der Waals surface area contributed by atoms with E-state index in [4.69, 9.17) is 4.52 Å². The Morgan fingerprint density at radius 1 is 1.33 bits per heavy atom. The van der Waals surface area contributed by atoms with Crippen LogP contribution in [0.5, 0.6) is 0 Å². The fourth-order valence-corrected chi connectivity index (χ4v) is 1.84. The molecule has 0 fully saturated rings. The lowest BCUT2D eigenvalue weighted by Gasteiger charge is -2.28. The number of amides is 2. The van der Waals surface area contributed by atoms with Gasteiger partial charge in [0.15, 0.2) is 5.82 Å². The number of carbonyl (C=O) groups excluding carboxylic acids is 1. The van der Waals surface area contributed by atoms with E-state index in [-0.39, 0.29) is 24.6 Å². The van der Waals surface area contributed by atoms with Crippen molar-refractivity contribution in [1.29, 1.82) is 0 Å². The van der Waals surface area contributed by atoms with Gasteiger partial charge >= 0.3 is 6.03 Å². The highest BCUT2D eigenvalue weighted by atomic mass is 16.5. The first-order valence-corrected chi connectivity index (χ1v) is 7.20. The first-order valence-electron chi connectivity index (χ1n) is 7.20. The van der Waals surface area contributed by atoms with Crippen molar-refractivity contribution >= 4 is 6.03 Å². The maximum atomic E-state index is 11.8. The summed E-state index contributed by atoms with van der Waals surface area (Å²) in [6.07, 6.45) is 1.57. The van der Waals surface area contributed by atoms with Gasteiger partial charge in [0, 0.05) is 5.41 Å². The predicted octanol–water partition coefficient (Wildman–Crippen LogP) is 1.72. The molecule has 1 unspecified atom stereocenters. The Bertz CT molecular complexity index is 467. The van der Waals surface area contributed by atoms with Crippen LogP contribution in [-0.4, -0.2) is 33.4 Å². The average Bonchev–Trinajstić information content (AvgIpc) is 2.85. The Kier molecular flexibility index (Phi) is 5.71. The molecule has 0 radical (unpaired) electrons. The molecule has 7 heteroatoms. The lowest BCUT2D eigenvalue weighted by molar-refractivity contribution is 0.163. The third kappa shape index (κ3) is 5.34. The SMILES string of the molecule is CCCC(C)(CO)NC(=O)NCc1noc(C(C)(C)C)n1. The summed E-state index contributed by atoms with van der Waals surface area (Å²) >= 11 is 0. The molecule has 0 aliphatic heterocycles. The second kappa shape index (κ2) is 6.89. The Labute approximate surface area is 125 Å². The summed E-state index contributed by atoms with van der Waals surface area (Å²) in [6, 6.07) is -0.359. The fourth-order valence-electron chi connectivity index (χ4n) is 1.84. The second-order valence-electron chi connectivity index (χ2n) is 6.54. The van der Waals surface area contributed by atoms with Gasteiger partial charge in [-0.15, -0.1) is 0 Å². The van der Waals surface area contributed by atoms with Gasteiger partial charge in [-0.25, -0.2) is 4.79 Å². The molecule has 0 aliphatic rings. The van der Waals surface area contributed by atoms with Crippen molar-refractivity contribution in [2.45, 2.75) is 65.0 Å². The van der Waals surface area contributed by atoms with Gasteiger partial charge in [0.1, 0.15) is 0 Å². The summed E-state index contributed by atoms with van der Waals surface area (Å²) in [6.45, 7) is 9.80. The molecule has 1 aromatic rings. The summed E-state index contributed by atoms with van der Waals surface area (Å²) in [4.78, 5) is 16.1. The third-order valence-corrected chi connectivity index (χ3v) is 3.08. The largest absolute Gasteiger partial charge is 0.394 e. The summed E-state index contributed by atoms with van der Waals surface area (Å²) in [5, 5.41) is 18.6. The maximum Gasteiger partial charge on any atom is 0.315 e. The smallest absolute Gasteiger partial charge is 0.315 e. The minimum Gasteiger partial charge on any atom is -0.394 e. The molecular weight excluding hydrogens is 272 g/mol. The van der Waals surface area contributed by atoms with Crippen molar-refractivity contribution in [3.63, 3.8) is 0 Å². The number of hydrogen-bond acceptors (Lipinski definition) is 5. The zero-order valence-electron chi connectivity index (χ0n) is 13.5. The van der Waals surface area contributed by atoms with Gasteiger partial charge in [-0.2, -0.15) is 4.98 Å². The quantitative estimate of drug-likeness (QED) is 0.742. The maximum absolute atomic E-state index is 11.8. The standard InChI is InChI=1S/C14H26N4O3/c1-6-7-14(5,9-19)17-12(20)15-8-10-16-11(21-18-10)13(2,3)4/h19H,6-9H2,1-5H3,(H2,15,17,20). The zero-order chi connectivity index (χ0) is 16.1. The molecule has 2 amide bonds. The van der Waals surface area contributed by atoms with Crippen molar-refractivity contribution < 1.29 is 14.4 Å². The summed E-state index contributed by atoms with van der Waals surface area (Å²) < 4.78 is 5.15. The molecule has 0 spiro atoms. The van der Waals surface area contributed by atoms with Crippen LogP contribution in [0.4, 0.5) is 4.79 Å². The first kappa shape index (κ1) is 17.4. The highest BCUT2D eigenvalue weighted by molar-refractivity contribution is 5.74. The van der Waals surface area contributed by atoms with Gasteiger partial charge in [-0.3, -0.25) is 0 Å². The molecule has 0 aliphatic carbocycles. The van der Waals surface area contributed by atoms with Gasteiger partial charge in [-0.1, -0.05) is 39.3 Å². The molecule has 1 atom stereocenters. The van der Waals surface area contributed by atoms with Gasteiger partial charge in [0.2, 0.25) is 5.89 Å². The van der Waals surface area contributed by atoms with Crippen LogP contribution >= 0.6 is 0 Å². The predicted molar refractivity (Wildman–Crippen MR) is 78.8 cm³/mol. The van der Waals surface area contributed by atoms with Gasteiger partial charge in [0.25, 0.3) is 0 Å². The number of hydrogen-bond donors (Lipinski definition) is 3. The minimum atomic E-state index is -0.618. The lowest BCUT2D eigenvalue weighted by Crippen LogP contribution is -2.52. The normalized spacial score (nSPS) is 14.6. The fraction of sp³-hybridized carbons (Fsp3) is 0.786. The van der Waals surface area contributed by atoms with Crippen LogP contribution in [0, 0.1) is 0 Å². The van der Waals surface area contributed by atoms with E-state index < -0.39 is 5.54 Å². The van der Waals surface area contributed by atoms with Gasteiger partial charge in [0.05, 0.1) is 18.7 Å². The number of aliphatic hydroxyl groups excluding tert-OH is 1. The molecule has 1 rings (SSSR count). The van der Waals surface area contributed by atoms with Crippen molar-refractivity contribution in [3.8, 4) is 0 Å². The minimum absolute atomic E-state index is 0.107. The number of nitrogens with zero attached hydrogens (tertiary/aromatic N) is 2. The number of urea groups is 1. The lowest BCUT2D eigenvalue weighted by atomic mass is 9.97. The van der Waals surface area contributed by atoms with Gasteiger partial charge < -0.3 is 20.3 Å². The van der Waals surface area contributed by atoms with Crippen molar-refractivity contribution in [2.24, 2.45) is 0 Å². The van der Waals surface area contributed by atoms with Crippen LogP contribution < -0.4 is 10.6 Å². The monoisotopic (exact) mass is 298 g/mol. The molecule has 120 valence electrons. The summed E-state index contributed by atoms with van der Waals surface area (Å²) in [7, 11) is 0. The highest BCUT2D eigenvalue weighted by Gasteiger charge is 2.25. The molecule has 1 aromatic heterocycles. The van der Waals surface area contributed by atoms with Crippen LogP contribution in [0.15, 0.2) is 4.52 Å². The summed E-state index contributed by atoms with van der Waals surface area (Å²) in [5.74, 6) is 0.960. The number of aromatic nitrogens is 2. The molecular formula is C14H26N4O3. The van der Waals surface area contributed by atoms with Gasteiger partial charge in [-0.05, 0) is 13.3 Å². The number of aliphatic hydroxyl groups is 1. The molecule has 1 heterocycles. The van der Waals surface area contributed by atoms with Crippen LogP contribution in [0.1, 0.15) is 59.2 Å². The van der Waals surface area contributed by atoms with E-state index >= 15 is 0 Å². The van der Waals surface area contributed by atoms with Crippen LogP contribution in [0.2, 0.25) is 0 Å². The molecule has 21 heavy (non-hydrogen) atoms. The zero-order valence-corrected chi connectivity index (χ0v) is 13.5. The first-order chi connectivity index (χ1) is 9.70. The topological polar surface area (TPSA) is 100 Å². The van der Waals surface area contributed by atoms with E-state index in [1.807, 2.05) is 34.6 Å². The van der Waals surface area contributed by atoms with Crippen molar-refractivity contribution in [2.75, 3.05) is 6.61 Å². The van der Waals surface area contributed by atoms with E-state index in [1.54, 1.807) is 0 Å². The second-order valence-corrected chi connectivity index (χ2v) is 6.54. The van der Waals surface area contributed by atoms with E-state index in [1.165, 1.54) is 0 Å². The molecule has 0 aromatic carbocycles. The highest BCUT2D eigenvalue weighted by Crippen LogP contribution is 2.19. The molecule has 7 nitrogen and oxygen atoms in total. The molecule has 3 N–H and O–H groups in total. The number of carbonyl (C=O) groups is 1. The Hall–Kier alpha value is -1.63. The third-order valence-electron chi connectivity index (χ3n) is 3.08. The number of nitrogens with one attached hydrogen (secondary N) is 2. The summed E-state index contributed by atoms with van der Waals surface area (Å²) in [5.41, 5.74) is -0.837. The Balaban J connectivity index is 2.51. The van der Waals surface area contributed by atoms with Crippen LogP contribution in [0.3, 0.4) is 0 Å². The molecule has 0 saturated heterocycles. The van der Waals surface area contributed by atoms with E-state index in [2.05, 4.69) is 20.8 Å². The van der Waals surface area contributed by atoms with Crippen LogP contribution in [0.25, 0.3) is 0 Å². The van der Waals surface area contributed by atoms with Crippen molar-refractivity contribution in [3.05, 3.63) is 11.7 Å². The molecule has 0 bridgehead atoms. The van der Waals surface area contributed by atoms with Crippen molar-refractivity contribution in [1.82, 2.24) is 20.8 Å².